The lowest BCUT2D eigenvalue weighted by atomic mass is 10.0. The maximum absolute atomic E-state index is 13.1. The first kappa shape index (κ1) is 22.9. The van der Waals surface area contributed by atoms with Crippen molar-refractivity contribution in [3.8, 4) is 11.6 Å². The molecule has 3 aromatic rings. The Bertz CT molecular complexity index is 1400. The lowest BCUT2D eigenvalue weighted by Crippen LogP contribution is -2.24. The maximum atomic E-state index is 13.1. The molecule has 8 heteroatoms. The number of hydrogen-bond acceptors (Lipinski definition) is 6. The second kappa shape index (κ2) is 8.26. The average molecular weight is 467 g/mol. The molecule has 1 fully saturated rings. The molecule has 7 nitrogen and oxygen atoms in total. The molecule has 0 unspecified atom stereocenters. The van der Waals surface area contributed by atoms with Gasteiger partial charge >= 0.3 is 0 Å². The highest BCUT2D eigenvalue weighted by atomic mass is 32.2. The van der Waals surface area contributed by atoms with Crippen LogP contribution in [0.15, 0.2) is 52.3 Å². The maximum Gasteiger partial charge on any atom is 0.266 e. The first-order chi connectivity index (χ1) is 15.5. The van der Waals surface area contributed by atoms with E-state index in [0.717, 1.165) is 35.2 Å². The number of Topliss-reactive ketones (excluding diaryl/α,β-unsaturated/α-hetero) is 1. The number of hydrogen-bond donors (Lipinski definition) is 1. The van der Waals surface area contributed by atoms with E-state index in [1.807, 2.05) is 32.9 Å². The first-order valence-corrected chi connectivity index (χ1v) is 12.4. The Hall–Kier alpha value is -3.26. The van der Waals surface area contributed by atoms with Gasteiger partial charge < -0.3 is 9.72 Å². The van der Waals surface area contributed by atoms with Crippen molar-refractivity contribution in [2.24, 2.45) is 0 Å². The molecule has 0 bridgehead atoms. The molecular formula is C25H26N2O5S. The summed E-state index contributed by atoms with van der Waals surface area (Å²) >= 11 is 0. The van der Waals surface area contributed by atoms with Crippen LogP contribution in [-0.4, -0.2) is 29.9 Å². The van der Waals surface area contributed by atoms with Crippen LogP contribution in [-0.2, 0) is 15.3 Å². The Morgan fingerprint density at radius 3 is 2.39 bits per heavy atom. The Balaban J connectivity index is 1.74. The van der Waals surface area contributed by atoms with Gasteiger partial charge in [0.15, 0.2) is 15.6 Å². The summed E-state index contributed by atoms with van der Waals surface area (Å²) in [7, 11) is -4.15. The third kappa shape index (κ3) is 4.61. The van der Waals surface area contributed by atoms with Crippen molar-refractivity contribution < 1.29 is 17.9 Å². The quantitative estimate of drug-likeness (QED) is 0.523. The number of carbonyl (C=O) groups excluding carboxylic acids is 1. The Morgan fingerprint density at radius 2 is 1.79 bits per heavy atom. The molecule has 172 valence electrons. The number of rotatable bonds is 7. The molecule has 0 saturated heterocycles. The van der Waals surface area contributed by atoms with Gasteiger partial charge in [-0.15, -0.1) is 0 Å². The van der Waals surface area contributed by atoms with Crippen molar-refractivity contribution in [2.45, 2.75) is 50.8 Å². The number of pyridine rings is 2. The van der Waals surface area contributed by atoms with Crippen LogP contribution in [0.5, 0.6) is 11.6 Å². The van der Waals surface area contributed by atoms with Crippen LogP contribution in [0.2, 0.25) is 0 Å². The van der Waals surface area contributed by atoms with E-state index in [1.165, 1.54) is 18.3 Å². The molecule has 1 saturated carbocycles. The molecule has 33 heavy (non-hydrogen) atoms. The van der Waals surface area contributed by atoms with Gasteiger partial charge in [-0.05, 0) is 69.0 Å². The number of sulfone groups is 1. The van der Waals surface area contributed by atoms with E-state index in [2.05, 4.69) is 16.9 Å². The van der Waals surface area contributed by atoms with Gasteiger partial charge in [-0.2, -0.15) is 0 Å². The fourth-order valence-corrected chi connectivity index (χ4v) is 5.20. The van der Waals surface area contributed by atoms with Crippen molar-refractivity contribution >= 4 is 15.6 Å². The third-order valence-electron chi connectivity index (χ3n) is 6.02. The lowest BCUT2D eigenvalue weighted by molar-refractivity contribution is 0.101. The molecule has 2 aromatic heterocycles. The summed E-state index contributed by atoms with van der Waals surface area (Å²) < 4.78 is 31.7. The summed E-state index contributed by atoms with van der Waals surface area (Å²) in [5, 5.41) is 0. The van der Waals surface area contributed by atoms with Crippen molar-refractivity contribution in [2.75, 3.05) is 5.75 Å². The summed E-state index contributed by atoms with van der Waals surface area (Å²) in [5.74, 6) is -0.878. The SMILES string of the molecule is Cc1cc(C)c(Oc2nc(C3(C)CC3)ccc2C(=O)CS(=O)(=O)c2ccc[nH]c2=O)c(C)c1. The molecule has 0 aliphatic heterocycles. The van der Waals surface area contributed by atoms with Gasteiger partial charge in [0.2, 0.25) is 5.88 Å². The molecule has 4 rings (SSSR count). The minimum Gasteiger partial charge on any atom is -0.438 e. The largest absolute Gasteiger partial charge is 0.438 e. The summed E-state index contributed by atoms with van der Waals surface area (Å²) in [6, 6.07) is 9.87. The molecule has 0 radical (unpaired) electrons. The molecule has 1 aliphatic carbocycles. The van der Waals surface area contributed by atoms with Crippen LogP contribution in [0.25, 0.3) is 0 Å². The third-order valence-corrected chi connectivity index (χ3v) is 7.65. The van der Waals surface area contributed by atoms with E-state index in [9.17, 15) is 18.0 Å². The number of ether oxygens (including phenoxy) is 1. The van der Waals surface area contributed by atoms with E-state index in [-0.39, 0.29) is 16.9 Å². The van der Waals surface area contributed by atoms with Crippen LogP contribution in [0.4, 0.5) is 0 Å². The van der Waals surface area contributed by atoms with Crippen molar-refractivity contribution in [1.82, 2.24) is 9.97 Å². The molecular weight excluding hydrogens is 440 g/mol. The van der Waals surface area contributed by atoms with Crippen LogP contribution < -0.4 is 10.3 Å². The number of carbonyl (C=O) groups is 1. The van der Waals surface area contributed by atoms with Crippen LogP contribution in [0.1, 0.15) is 52.5 Å². The Kier molecular flexibility index (Phi) is 5.74. The van der Waals surface area contributed by atoms with E-state index >= 15 is 0 Å². The van der Waals surface area contributed by atoms with Gasteiger partial charge in [0.25, 0.3) is 5.56 Å². The zero-order chi connectivity index (χ0) is 24.0. The number of nitrogens with zero attached hydrogens (tertiary/aromatic N) is 1. The Morgan fingerprint density at radius 1 is 1.12 bits per heavy atom. The lowest BCUT2D eigenvalue weighted by Gasteiger charge is -2.17. The predicted molar refractivity (Wildman–Crippen MR) is 125 cm³/mol. The van der Waals surface area contributed by atoms with Crippen LogP contribution in [0, 0.1) is 20.8 Å². The van der Waals surface area contributed by atoms with Gasteiger partial charge in [0.1, 0.15) is 16.4 Å². The van der Waals surface area contributed by atoms with Gasteiger partial charge in [0, 0.05) is 11.6 Å². The number of aromatic nitrogens is 2. The fraction of sp³-hybridized carbons (Fsp3) is 0.320. The predicted octanol–water partition coefficient (Wildman–Crippen LogP) is 4.20. The monoisotopic (exact) mass is 466 g/mol. The molecule has 0 spiro atoms. The van der Waals surface area contributed by atoms with Crippen LogP contribution in [0.3, 0.4) is 0 Å². The highest BCUT2D eigenvalue weighted by Gasteiger charge is 2.41. The minimum atomic E-state index is -4.15. The number of H-pyrrole nitrogens is 1. The summed E-state index contributed by atoms with van der Waals surface area (Å²) in [5.41, 5.74) is 2.90. The molecule has 1 N–H and O–H groups in total. The van der Waals surface area contributed by atoms with E-state index < -0.39 is 31.8 Å². The summed E-state index contributed by atoms with van der Waals surface area (Å²) in [6.07, 6.45) is 3.31. The summed E-state index contributed by atoms with van der Waals surface area (Å²) in [6.45, 7) is 7.90. The number of aryl methyl sites for hydroxylation is 3. The first-order valence-electron chi connectivity index (χ1n) is 10.7. The molecule has 1 aromatic carbocycles. The topological polar surface area (TPSA) is 106 Å². The molecule has 0 amide bonds. The molecule has 2 heterocycles. The minimum absolute atomic E-state index is 0.0679. The smallest absolute Gasteiger partial charge is 0.266 e. The standard InChI is InChI=1S/C25H26N2O5S/c1-15-12-16(2)22(17(3)13-15)32-24-18(7-8-21(27-24)25(4)9-10-25)19(28)14-33(30,31)20-6-5-11-26-23(20)29/h5-8,11-13H,9-10,14H2,1-4H3,(H,26,29). The van der Waals surface area contributed by atoms with Gasteiger partial charge in [-0.3, -0.25) is 9.59 Å². The zero-order valence-corrected chi connectivity index (χ0v) is 19.9. The second-order valence-electron chi connectivity index (χ2n) is 8.99. The number of ketones is 1. The molecule has 0 atom stereocenters. The van der Waals surface area contributed by atoms with E-state index in [4.69, 9.17) is 4.74 Å². The van der Waals surface area contributed by atoms with Crippen molar-refractivity contribution in [3.05, 3.63) is 80.9 Å². The van der Waals surface area contributed by atoms with Crippen molar-refractivity contribution in [1.29, 1.82) is 0 Å². The number of aromatic amines is 1. The fourth-order valence-electron chi connectivity index (χ4n) is 3.91. The number of nitrogens with one attached hydrogen (secondary N) is 1. The van der Waals surface area contributed by atoms with Crippen molar-refractivity contribution in [3.63, 3.8) is 0 Å². The van der Waals surface area contributed by atoms with Crippen LogP contribution >= 0.6 is 0 Å². The average Bonchev–Trinajstić information content (AvgIpc) is 3.49. The normalized spacial score (nSPS) is 14.7. The second-order valence-corrected chi connectivity index (χ2v) is 10.9. The number of benzene rings is 1. The van der Waals surface area contributed by atoms with E-state index in [1.54, 1.807) is 12.1 Å². The highest BCUT2D eigenvalue weighted by Crippen LogP contribution is 2.47. The summed E-state index contributed by atoms with van der Waals surface area (Å²) in [4.78, 5) is 31.6. The van der Waals surface area contributed by atoms with Gasteiger partial charge in [0.05, 0.1) is 11.3 Å². The van der Waals surface area contributed by atoms with E-state index in [0.29, 0.717) is 5.75 Å². The van der Waals surface area contributed by atoms with Gasteiger partial charge in [-0.25, -0.2) is 13.4 Å². The highest BCUT2D eigenvalue weighted by molar-refractivity contribution is 7.92. The zero-order valence-electron chi connectivity index (χ0n) is 19.1. The molecule has 1 aliphatic rings. The van der Waals surface area contributed by atoms with Gasteiger partial charge in [-0.1, -0.05) is 24.6 Å². The Labute approximate surface area is 192 Å².